The molecule has 5 N–H and O–H groups in total. The Morgan fingerprint density at radius 3 is 2.44 bits per heavy atom. The molecule has 3 aliphatic rings. The molecule has 48 heavy (non-hydrogen) atoms. The third-order valence-corrected chi connectivity index (χ3v) is 10.9. The molecule has 2 heterocycles. The Morgan fingerprint density at radius 2 is 1.75 bits per heavy atom. The van der Waals surface area contributed by atoms with Crippen LogP contribution in [0, 0.1) is 0 Å². The molecule has 1 saturated carbocycles. The average Bonchev–Trinajstić information content (AvgIpc) is 3.65. The highest BCUT2D eigenvalue weighted by molar-refractivity contribution is 6.34. The molecule has 1 aliphatic heterocycles. The first kappa shape index (κ1) is 32.5. The van der Waals surface area contributed by atoms with Crippen molar-refractivity contribution in [1.29, 1.82) is 0 Å². The number of fused-ring (bicyclic) bond motifs is 2. The minimum absolute atomic E-state index is 0.217. The number of ether oxygens (including phenoxy) is 2. The fourth-order valence-corrected chi connectivity index (χ4v) is 7.86. The van der Waals surface area contributed by atoms with Crippen LogP contribution in [0.4, 0.5) is 0 Å². The minimum Gasteiger partial charge on any atom is -0.496 e. The molecule has 2 aliphatic carbocycles. The smallest absolute Gasteiger partial charge is 0.284 e. The molecule has 0 saturated heterocycles. The van der Waals surface area contributed by atoms with Crippen LogP contribution >= 0.6 is 23.2 Å². The summed E-state index contributed by atoms with van der Waals surface area (Å²) in [5.41, 5.74) is 18.4. The molecule has 0 radical (unpaired) electrons. The standard InChI is InChI=1S/C36H38Cl2N6O4/c1-43-15-12-26-31(42-34(33(39)45)44(26)2)32(43)24-9-5-8-23(30(24)38)20-6-4-7-22-21(20)10-11-27(22)48-29-17-28(47-3)19(16-25(29)37)18-41-36(13-14-36)35(40)46/h4-9,16-17,27,32,41H,10-15,18H2,1-3H3,(H2,39,45)(H2,40,46). The molecule has 0 spiro atoms. The van der Waals surface area contributed by atoms with E-state index < -0.39 is 11.4 Å². The van der Waals surface area contributed by atoms with Crippen LogP contribution in [-0.2, 0) is 31.2 Å². The van der Waals surface area contributed by atoms with Gasteiger partial charge in [-0.25, -0.2) is 4.98 Å². The number of carbonyl (C=O) groups excluding carboxylic acids is 2. The number of nitrogens with two attached hydrogens (primary N) is 2. The molecule has 1 fully saturated rings. The van der Waals surface area contributed by atoms with Crippen LogP contribution < -0.4 is 26.3 Å². The van der Waals surface area contributed by atoms with Crippen LogP contribution in [0.25, 0.3) is 11.1 Å². The molecule has 10 nitrogen and oxygen atoms in total. The van der Waals surface area contributed by atoms with Gasteiger partial charge in [0.1, 0.15) is 17.6 Å². The van der Waals surface area contributed by atoms with Crippen molar-refractivity contribution in [3.8, 4) is 22.6 Å². The van der Waals surface area contributed by atoms with Crippen molar-refractivity contribution in [3.05, 3.63) is 98.0 Å². The van der Waals surface area contributed by atoms with Crippen LogP contribution in [0.3, 0.4) is 0 Å². The summed E-state index contributed by atoms with van der Waals surface area (Å²) < 4.78 is 14.0. The normalized spacial score (nSPS) is 19.4. The number of hydrogen-bond acceptors (Lipinski definition) is 7. The predicted molar refractivity (Wildman–Crippen MR) is 184 cm³/mol. The number of nitrogens with one attached hydrogen (secondary N) is 1. The van der Waals surface area contributed by atoms with Gasteiger partial charge in [-0.2, -0.15) is 0 Å². The van der Waals surface area contributed by atoms with E-state index in [0.29, 0.717) is 28.1 Å². The lowest BCUT2D eigenvalue weighted by Gasteiger charge is -2.33. The third kappa shape index (κ3) is 5.50. The van der Waals surface area contributed by atoms with Crippen LogP contribution in [0.5, 0.6) is 11.5 Å². The molecular weight excluding hydrogens is 651 g/mol. The van der Waals surface area contributed by atoms with Gasteiger partial charge in [-0.15, -0.1) is 0 Å². The van der Waals surface area contributed by atoms with Gasteiger partial charge in [0.15, 0.2) is 5.82 Å². The Labute approximate surface area is 289 Å². The number of nitrogens with zero attached hydrogens (tertiary/aromatic N) is 3. The van der Waals surface area contributed by atoms with Crippen LogP contribution in [0.1, 0.15) is 75.7 Å². The maximum absolute atomic E-state index is 12.1. The van der Waals surface area contributed by atoms with E-state index in [2.05, 4.69) is 22.3 Å². The molecule has 7 rings (SSSR count). The summed E-state index contributed by atoms with van der Waals surface area (Å²) in [4.78, 5) is 30.9. The predicted octanol–water partition coefficient (Wildman–Crippen LogP) is 5.25. The quantitative estimate of drug-likeness (QED) is 0.207. The second kappa shape index (κ2) is 12.4. The molecule has 3 aromatic carbocycles. The Kier molecular flexibility index (Phi) is 8.40. The van der Waals surface area contributed by atoms with Gasteiger partial charge in [0.2, 0.25) is 5.91 Å². The molecule has 0 bridgehead atoms. The monoisotopic (exact) mass is 688 g/mol. The van der Waals surface area contributed by atoms with E-state index in [1.807, 2.05) is 50.5 Å². The van der Waals surface area contributed by atoms with Gasteiger partial charge in [0.05, 0.1) is 34.4 Å². The van der Waals surface area contributed by atoms with E-state index in [4.69, 9.17) is 49.1 Å². The summed E-state index contributed by atoms with van der Waals surface area (Å²) in [5.74, 6) is 0.493. The SMILES string of the molecule is COc1cc(OC2CCc3c(-c4cccc(C5c6nc(C(N)=O)n(C)c6CCN5C)c4Cl)cccc32)c(Cl)cc1CNC1(C(N)=O)CC1. The number of aromatic nitrogens is 2. The largest absolute Gasteiger partial charge is 0.496 e. The first-order chi connectivity index (χ1) is 23.0. The maximum atomic E-state index is 12.1. The molecule has 2 amide bonds. The molecule has 1 aromatic heterocycles. The van der Waals surface area contributed by atoms with E-state index in [9.17, 15) is 9.59 Å². The second-order valence-electron chi connectivity index (χ2n) is 12.9. The lowest BCUT2D eigenvalue weighted by molar-refractivity contribution is -0.121. The molecule has 4 aromatic rings. The highest BCUT2D eigenvalue weighted by Crippen LogP contribution is 2.46. The van der Waals surface area contributed by atoms with Gasteiger partial charge < -0.3 is 25.5 Å². The first-order valence-electron chi connectivity index (χ1n) is 16.1. The fourth-order valence-electron chi connectivity index (χ4n) is 7.30. The zero-order valence-electron chi connectivity index (χ0n) is 27.1. The van der Waals surface area contributed by atoms with Crippen molar-refractivity contribution in [2.45, 2.75) is 56.3 Å². The Morgan fingerprint density at radius 1 is 1.02 bits per heavy atom. The Bertz CT molecular complexity index is 1960. The van der Waals surface area contributed by atoms with E-state index in [1.54, 1.807) is 11.7 Å². The Balaban J connectivity index is 1.18. The van der Waals surface area contributed by atoms with Crippen molar-refractivity contribution in [2.24, 2.45) is 18.5 Å². The van der Waals surface area contributed by atoms with E-state index in [-0.39, 0.29) is 23.9 Å². The van der Waals surface area contributed by atoms with Gasteiger partial charge in [-0.05, 0) is 61.1 Å². The van der Waals surface area contributed by atoms with Crippen LogP contribution in [0.15, 0.2) is 48.5 Å². The number of benzene rings is 3. The summed E-state index contributed by atoms with van der Waals surface area (Å²) in [7, 11) is 5.48. The first-order valence-corrected chi connectivity index (χ1v) is 16.8. The number of amides is 2. The summed E-state index contributed by atoms with van der Waals surface area (Å²) in [6, 6.07) is 15.7. The van der Waals surface area contributed by atoms with Gasteiger partial charge in [-0.1, -0.05) is 59.6 Å². The molecule has 2 unspecified atom stereocenters. The topological polar surface area (TPSA) is 138 Å². The highest BCUT2D eigenvalue weighted by Gasteiger charge is 2.48. The molecule has 12 heteroatoms. The summed E-state index contributed by atoms with van der Waals surface area (Å²) >= 11 is 14.0. The minimum atomic E-state index is -0.650. The zero-order chi connectivity index (χ0) is 33.9. The van der Waals surface area contributed by atoms with E-state index in [0.717, 1.165) is 77.9 Å². The third-order valence-electron chi connectivity index (χ3n) is 10.1. The number of hydrogen-bond donors (Lipinski definition) is 3. The highest BCUT2D eigenvalue weighted by atomic mass is 35.5. The summed E-state index contributed by atoms with van der Waals surface area (Å²) in [6.45, 7) is 1.18. The van der Waals surface area contributed by atoms with E-state index >= 15 is 0 Å². The zero-order valence-corrected chi connectivity index (χ0v) is 28.6. The van der Waals surface area contributed by atoms with Crippen molar-refractivity contribution in [1.82, 2.24) is 19.8 Å². The lowest BCUT2D eigenvalue weighted by Crippen LogP contribution is -2.43. The maximum Gasteiger partial charge on any atom is 0.284 e. The molecular formula is C36H38Cl2N6O4. The number of primary amides is 2. The lowest BCUT2D eigenvalue weighted by atomic mass is 9.91. The van der Waals surface area contributed by atoms with Crippen molar-refractivity contribution < 1.29 is 19.1 Å². The van der Waals surface area contributed by atoms with Gasteiger partial charge in [0, 0.05) is 49.4 Å². The number of likely N-dealkylation sites (N-methyl/N-ethyl adjacent to an activating group) is 1. The van der Waals surface area contributed by atoms with E-state index in [1.165, 1.54) is 5.56 Å². The summed E-state index contributed by atoms with van der Waals surface area (Å²) in [5, 5.41) is 4.38. The van der Waals surface area contributed by atoms with Gasteiger partial charge >= 0.3 is 0 Å². The van der Waals surface area contributed by atoms with Crippen molar-refractivity contribution >= 4 is 35.0 Å². The van der Waals surface area contributed by atoms with Crippen molar-refractivity contribution in [2.75, 3.05) is 20.7 Å². The Hall–Kier alpha value is -4.09. The van der Waals surface area contributed by atoms with Crippen LogP contribution in [-0.4, -0.2) is 52.5 Å². The fraction of sp³-hybridized carbons (Fsp3) is 0.361. The number of halogens is 2. The number of methoxy groups -OCH3 is 1. The second-order valence-corrected chi connectivity index (χ2v) is 13.7. The van der Waals surface area contributed by atoms with Gasteiger partial charge in [-0.3, -0.25) is 19.8 Å². The van der Waals surface area contributed by atoms with Crippen molar-refractivity contribution in [3.63, 3.8) is 0 Å². The summed E-state index contributed by atoms with van der Waals surface area (Å²) in [6.07, 6.45) is 3.56. The number of rotatable bonds is 10. The average molecular weight is 690 g/mol. The number of imidazole rings is 1. The number of carbonyl (C=O) groups is 2. The van der Waals surface area contributed by atoms with Crippen LogP contribution in [0.2, 0.25) is 10.0 Å². The molecule has 2 atom stereocenters. The van der Waals surface area contributed by atoms with Gasteiger partial charge in [0.25, 0.3) is 5.91 Å². The molecule has 250 valence electrons.